The Balaban J connectivity index is 1.65. The van der Waals surface area contributed by atoms with Crippen molar-refractivity contribution in [1.29, 1.82) is 0 Å². The maximum atomic E-state index is 14.8. The van der Waals surface area contributed by atoms with Crippen LogP contribution in [0.15, 0.2) is 119 Å². The van der Waals surface area contributed by atoms with Crippen molar-refractivity contribution in [3.05, 3.63) is 126 Å². The van der Waals surface area contributed by atoms with Gasteiger partial charge in [0.2, 0.25) is 0 Å². The quantitative estimate of drug-likeness (QED) is 0.135. The lowest BCUT2D eigenvalue weighted by atomic mass is 9.87. The molecule has 0 unspecified atom stereocenters. The summed E-state index contributed by atoms with van der Waals surface area (Å²) < 4.78 is 70.8. The van der Waals surface area contributed by atoms with Crippen molar-refractivity contribution >= 4 is 20.2 Å². The van der Waals surface area contributed by atoms with Crippen molar-refractivity contribution in [2.24, 2.45) is 0 Å². The predicted octanol–water partition coefficient (Wildman–Crippen LogP) is 8.70. The molecular weight excluding hydrogens is 605 g/mol. The summed E-state index contributed by atoms with van der Waals surface area (Å²) in [6.07, 6.45) is 2.30. The minimum atomic E-state index is -4.53. The Morgan fingerprint density at radius 3 is 1.56 bits per heavy atom. The van der Waals surface area contributed by atoms with Gasteiger partial charge in [-0.25, -0.2) is 0 Å². The van der Waals surface area contributed by atoms with Crippen molar-refractivity contribution in [3.63, 3.8) is 0 Å². The molecule has 0 spiro atoms. The number of hydrogen-bond acceptors (Lipinski definition) is 5. The maximum absolute atomic E-state index is 14.8. The van der Waals surface area contributed by atoms with Crippen LogP contribution in [0.25, 0.3) is 33.4 Å². The Bertz CT molecular complexity index is 2010. The van der Waals surface area contributed by atoms with Gasteiger partial charge in [0.1, 0.15) is 10.6 Å². The van der Waals surface area contributed by atoms with Crippen LogP contribution >= 0.6 is 0 Å². The van der Waals surface area contributed by atoms with E-state index in [1.165, 1.54) is 6.07 Å². The van der Waals surface area contributed by atoms with Crippen molar-refractivity contribution in [3.8, 4) is 39.1 Å². The maximum Gasteiger partial charge on any atom is 0.340 e. The van der Waals surface area contributed by atoms with Crippen molar-refractivity contribution in [2.45, 2.75) is 55.2 Å². The van der Waals surface area contributed by atoms with Gasteiger partial charge in [0.15, 0.2) is 0 Å². The third-order valence-electron chi connectivity index (χ3n) is 8.30. The fourth-order valence-corrected chi connectivity index (χ4v) is 8.37. The van der Waals surface area contributed by atoms with Crippen LogP contribution in [-0.2, 0) is 33.1 Å². The first-order chi connectivity index (χ1) is 21.5. The Labute approximate surface area is 265 Å². The minimum Gasteiger partial charge on any atom is -0.378 e. The molecule has 0 saturated carbocycles. The summed E-state index contributed by atoms with van der Waals surface area (Å²) in [5.41, 5.74) is 5.55. The highest BCUT2D eigenvalue weighted by molar-refractivity contribution is 7.87. The van der Waals surface area contributed by atoms with Gasteiger partial charge in [0, 0.05) is 22.3 Å². The summed E-state index contributed by atoms with van der Waals surface area (Å²) in [5, 5.41) is 0. The topological polar surface area (TPSA) is 97.7 Å². The fourth-order valence-electron chi connectivity index (χ4n) is 6.16. The minimum absolute atomic E-state index is 0.0257. The predicted molar refractivity (Wildman–Crippen MR) is 178 cm³/mol. The standard InChI is InChI=1S/C37H34O6S2/c1-25(2)32-24-35(44(38,39)40)30-20-12-13-21-31(30)36(32)43-45(41,42)37-33(27-16-8-4-9-17-27)22-29(26-14-6-3-7-15-26)23-34(37)28-18-10-5-11-19-28/h3-11,14-19,22-25H,12-13,20-21H2,1-2H3,(H,38,39,40). The van der Waals surface area contributed by atoms with Crippen molar-refractivity contribution in [2.75, 3.05) is 0 Å². The summed E-state index contributed by atoms with van der Waals surface area (Å²) in [5.74, 6) is -0.136. The van der Waals surface area contributed by atoms with E-state index in [2.05, 4.69) is 0 Å². The molecule has 0 atom stereocenters. The number of fused-ring (bicyclic) bond motifs is 1. The number of rotatable bonds is 8. The zero-order valence-electron chi connectivity index (χ0n) is 25.1. The molecule has 6 nitrogen and oxygen atoms in total. The second kappa shape index (κ2) is 12.3. The molecule has 0 radical (unpaired) electrons. The third kappa shape index (κ3) is 6.18. The highest BCUT2D eigenvalue weighted by Crippen LogP contribution is 2.45. The Morgan fingerprint density at radius 2 is 1.09 bits per heavy atom. The van der Waals surface area contributed by atoms with Gasteiger partial charge >= 0.3 is 10.1 Å². The first-order valence-electron chi connectivity index (χ1n) is 15.0. The van der Waals surface area contributed by atoms with Crippen LogP contribution in [0.1, 0.15) is 49.3 Å². The van der Waals surface area contributed by atoms with Gasteiger partial charge in [-0.2, -0.15) is 16.8 Å². The Kier molecular flexibility index (Phi) is 8.39. The molecule has 1 aliphatic carbocycles. The second-order valence-electron chi connectivity index (χ2n) is 11.6. The zero-order chi connectivity index (χ0) is 31.8. The molecule has 0 aliphatic heterocycles. The van der Waals surface area contributed by atoms with Gasteiger partial charge in [-0.05, 0) is 77.6 Å². The lowest BCUT2D eigenvalue weighted by molar-refractivity contribution is 0.470. The summed E-state index contributed by atoms with van der Waals surface area (Å²) in [6.45, 7) is 3.69. The smallest absolute Gasteiger partial charge is 0.340 e. The lowest BCUT2D eigenvalue weighted by Crippen LogP contribution is -2.19. The van der Waals surface area contributed by atoms with E-state index < -0.39 is 20.2 Å². The van der Waals surface area contributed by atoms with Gasteiger partial charge in [0.05, 0.1) is 4.90 Å². The molecule has 1 aliphatic rings. The van der Waals surface area contributed by atoms with E-state index >= 15 is 0 Å². The van der Waals surface area contributed by atoms with Gasteiger partial charge in [-0.15, -0.1) is 0 Å². The molecule has 0 fully saturated rings. The van der Waals surface area contributed by atoms with Crippen LogP contribution in [0.2, 0.25) is 0 Å². The average molecular weight is 639 g/mol. The molecule has 230 valence electrons. The van der Waals surface area contributed by atoms with E-state index in [4.69, 9.17) is 4.18 Å². The van der Waals surface area contributed by atoms with Gasteiger partial charge in [-0.1, -0.05) is 105 Å². The average Bonchev–Trinajstić information content (AvgIpc) is 3.04. The molecule has 0 aromatic heterocycles. The highest BCUT2D eigenvalue weighted by atomic mass is 32.2. The monoisotopic (exact) mass is 638 g/mol. The zero-order valence-corrected chi connectivity index (χ0v) is 26.7. The normalized spacial score (nSPS) is 13.4. The molecular formula is C37H34O6S2. The van der Waals surface area contributed by atoms with Crippen LogP contribution in [-0.4, -0.2) is 21.4 Å². The van der Waals surface area contributed by atoms with E-state index in [1.54, 1.807) is 0 Å². The van der Waals surface area contributed by atoms with E-state index in [9.17, 15) is 21.4 Å². The molecule has 6 rings (SSSR count). The van der Waals surface area contributed by atoms with Gasteiger partial charge < -0.3 is 4.18 Å². The molecule has 5 aromatic rings. The molecule has 0 bridgehead atoms. The van der Waals surface area contributed by atoms with Crippen LogP contribution in [0.4, 0.5) is 0 Å². The molecule has 0 saturated heterocycles. The van der Waals surface area contributed by atoms with Crippen molar-refractivity contribution in [1.82, 2.24) is 0 Å². The molecule has 1 N–H and O–H groups in total. The van der Waals surface area contributed by atoms with Crippen LogP contribution < -0.4 is 4.18 Å². The van der Waals surface area contributed by atoms with E-state index in [0.717, 1.165) is 24.0 Å². The van der Waals surface area contributed by atoms with Crippen LogP contribution in [0.3, 0.4) is 0 Å². The second-order valence-corrected chi connectivity index (χ2v) is 14.5. The van der Waals surface area contributed by atoms with E-state index in [-0.39, 0.29) is 21.5 Å². The summed E-state index contributed by atoms with van der Waals surface area (Å²) >= 11 is 0. The van der Waals surface area contributed by atoms with Crippen LogP contribution in [0.5, 0.6) is 5.75 Å². The molecule has 0 amide bonds. The molecule has 5 aromatic carbocycles. The number of hydrogen-bond donors (Lipinski definition) is 1. The van der Waals surface area contributed by atoms with E-state index in [1.807, 2.05) is 117 Å². The highest BCUT2D eigenvalue weighted by Gasteiger charge is 2.33. The van der Waals surface area contributed by atoms with Crippen LogP contribution in [0, 0.1) is 0 Å². The Morgan fingerprint density at radius 1 is 0.622 bits per heavy atom. The summed E-state index contributed by atoms with van der Waals surface area (Å²) in [7, 11) is -9.05. The fraction of sp³-hybridized carbons (Fsp3) is 0.189. The first kappa shape index (κ1) is 30.8. The Hall–Kier alpha value is -4.24. The largest absolute Gasteiger partial charge is 0.378 e. The lowest BCUT2D eigenvalue weighted by Gasteiger charge is -2.26. The first-order valence-corrected chi connectivity index (χ1v) is 17.8. The third-order valence-corrected chi connectivity index (χ3v) is 10.5. The summed E-state index contributed by atoms with van der Waals surface area (Å²) in [6, 6.07) is 33.7. The van der Waals surface area contributed by atoms with E-state index in [0.29, 0.717) is 51.8 Å². The van der Waals surface area contributed by atoms with Gasteiger partial charge in [0.25, 0.3) is 10.1 Å². The van der Waals surface area contributed by atoms with Gasteiger partial charge in [-0.3, -0.25) is 4.55 Å². The van der Waals surface area contributed by atoms with Crippen molar-refractivity contribution < 1.29 is 25.6 Å². The SMILES string of the molecule is CC(C)c1cc(S(=O)(=O)O)c2c(c1OS(=O)(=O)c1c(-c3ccccc3)cc(-c3ccccc3)cc1-c1ccccc1)CCCC2. The molecule has 0 heterocycles. The summed E-state index contributed by atoms with van der Waals surface area (Å²) in [4.78, 5) is -0.148. The molecule has 45 heavy (non-hydrogen) atoms. The number of benzene rings is 5. The molecule has 8 heteroatoms.